The van der Waals surface area contributed by atoms with E-state index in [4.69, 9.17) is 0 Å². The van der Waals surface area contributed by atoms with E-state index in [0.717, 1.165) is 24.7 Å². The van der Waals surface area contributed by atoms with Crippen molar-refractivity contribution in [3.05, 3.63) is 0 Å². The zero-order valence-corrected chi connectivity index (χ0v) is 15.8. The van der Waals surface area contributed by atoms with E-state index in [1.165, 1.54) is 44.9 Å². The molecule has 0 aromatic heterocycles. The van der Waals surface area contributed by atoms with Gasteiger partial charge in [0.2, 0.25) is 10.4 Å². The smallest absolute Gasteiger partial charge is 0.726 e. The third-order valence-corrected chi connectivity index (χ3v) is 4.56. The summed E-state index contributed by atoms with van der Waals surface area (Å²) in [6.45, 7) is 2.28. The Labute approximate surface area is 146 Å². The van der Waals surface area contributed by atoms with Crippen molar-refractivity contribution < 1.29 is 46.7 Å². The summed E-state index contributed by atoms with van der Waals surface area (Å²) in [5.41, 5.74) is 0. The molecule has 2 atom stereocenters. The van der Waals surface area contributed by atoms with Crippen molar-refractivity contribution in [1.29, 1.82) is 0 Å². The molecule has 0 aliphatic heterocycles. The molecule has 0 bridgehead atoms. The van der Waals surface area contributed by atoms with Crippen LogP contribution in [0.15, 0.2) is 0 Å². The number of rotatable bonds is 10. The number of hydrogen-bond acceptors (Lipinski definition) is 4. The second-order valence-electron chi connectivity index (χ2n) is 5.77. The molecule has 2 unspecified atom stereocenters. The monoisotopic (exact) mass is 314 g/mol. The van der Waals surface area contributed by atoms with Crippen LogP contribution in [0.2, 0.25) is 0 Å². The van der Waals surface area contributed by atoms with E-state index in [9.17, 15) is 13.0 Å². The Morgan fingerprint density at radius 2 is 1.65 bits per heavy atom. The van der Waals surface area contributed by atoms with Gasteiger partial charge in [0.1, 0.15) is 0 Å². The van der Waals surface area contributed by atoms with Gasteiger partial charge in [-0.1, -0.05) is 58.3 Å². The van der Waals surface area contributed by atoms with Gasteiger partial charge in [-0.05, 0) is 24.7 Å². The van der Waals surface area contributed by atoms with Crippen LogP contribution in [-0.2, 0) is 14.6 Å². The maximum atomic E-state index is 10.2. The minimum atomic E-state index is -4.49. The van der Waals surface area contributed by atoms with E-state index in [0.29, 0.717) is 6.42 Å². The Morgan fingerprint density at radius 3 is 2.20 bits per heavy atom. The van der Waals surface area contributed by atoms with Crippen LogP contribution in [0, 0.1) is 11.8 Å². The quantitative estimate of drug-likeness (QED) is 0.257. The Balaban J connectivity index is 0.00000361. The maximum absolute atomic E-state index is 10.2. The van der Waals surface area contributed by atoms with Crippen molar-refractivity contribution >= 4 is 10.4 Å². The van der Waals surface area contributed by atoms with Gasteiger partial charge in [0, 0.05) is 0 Å². The van der Waals surface area contributed by atoms with Gasteiger partial charge in [-0.3, -0.25) is 4.18 Å². The Kier molecular flexibility index (Phi) is 11.9. The van der Waals surface area contributed by atoms with Gasteiger partial charge in [-0.15, -0.1) is 0 Å². The van der Waals surface area contributed by atoms with Crippen molar-refractivity contribution in [2.75, 3.05) is 6.61 Å². The van der Waals surface area contributed by atoms with Gasteiger partial charge in [-0.25, -0.2) is 8.42 Å². The van der Waals surface area contributed by atoms with Crippen LogP contribution < -0.4 is 29.6 Å². The summed E-state index contributed by atoms with van der Waals surface area (Å²) in [5, 5.41) is 0. The summed E-state index contributed by atoms with van der Waals surface area (Å²) in [4.78, 5) is 0. The molecule has 0 N–H and O–H groups in total. The zero-order valence-electron chi connectivity index (χ0n) is 13.0. The Bertz CT molecular complexity index is 332. The summed E-state index contributed by atoms with van der Waals surface area (Å²) >= 11 is 0. The van der Waals surface area contributed by atoms with E-state index in [2.05, 4.69) is 11.1 Å². The van der Waals surface area contributed by atoms with Crippen molar-refractivity contribution in [2.45, 2.75) is 71.1 Å². The van der Waals surface area contributed by atoms with Crippen LogP contribution in [0.5, 0.6) is 0 Å². The second kappa shape index (κ2) is 11.4. The van der Waals surface area contributed by atoms with Gasteiger partial charge in [-0.2, -0.15) is 0 Å². The second-order valence-corrected chi connectivity index (χ2v) is 6.82. The molecule has 0 spiro atoms. The molecule has 1 rings (SSSR count). The molecule has 0 radical (unpaired) electrons. The first-order valence-electron chi connectivity index (χ1n) is 7.61. The molecule has 0 heterocycles. The summed E-state index contributed by atoms with van der Waals surface area (Å²) in [7, 11) is -4.49. The Morgan fingerprint density at radius 1 is 1.05 bits per heavy atom. The molecule has 1 aliphatic rings. The summed E-state index contributed by atoms with van der Waals surface area (Å²) < 4.78 is 34.8. The number of hydrogen-bond donors (Lipinski definition) is 0. The largest absolute Gasteiger partial charge is 1.00 e. The van der Waals surface area contributed by atoms with Gasteiger partial charge >= 0.3 is 29.6 Å². The number of unbranched alkanes of at least 4 members (excludes halogenated alkanes) is 3. The van der Waals surface area contributed by atoms with E-state index in [-0.39, 0.29) is 36.2 Å². The van der Waals surface area contributed by atoms with Gasteiger partial charge in [0.15, 0.2) is 0 Å². The van der Waals surface area contributed by atoms with E-state index in [1.807, 2.05) is 0 Å². The standard InChI is InChI=1S/C14H28O4S.Na/c1-2-3-7-13-9-10-14(12-13)8-5-4-6-11-18-19(15,16)17;/h13-14H,2-12H2,1H3,(H,15,16,17);/q;+1/p-1. The molecule has 20 heavy (non-hydrogen) atoms. The molecular formula is C14H27NaO4S. The minimum Gasteiger partial charge on any atom is -0.726 e. The van der Waals surface area contributed by atoms with Crippen molar-refractivity contribution in [2.24, 2.45) is 11.8 Å². The summed E-state index contributed by atoms with van der Waals surface area (Å²) in [5.74, 6) is 1.81. The fourth-order valence-electron chi connectivity index (χ4n) is 3.07. The van der Waals surface area contributed by atoms with Crippen LogP contribution in [0.1, 0.15) is 71.1 Å². The summed E-state index contributed by atoms with van der Waals surface area (Å²) in [6, 6.07) is 0. The third-order valence-electron chi connectivity index (χ3n) is 4.10. The first-order valence-corrected chi connectivity index (χ1v) is 8.95. The predicted octanol–water partition coefficient (Wildman–Crippen LogP) is 0.634. The summed E-state index contributed by atoms with van der Waals surface area (Å²) in [6.07, 6.45) is 12.1. The topological polar surface area (TPSA) is 66.4 Å². The first kappa shape index (κ1) is 20.9. The fraction of sp³-hybridized carbons (Fsp3) is 1.00. The third kappa shape index (κ3) is 10.6. The molecule has 1 aliphatic carbocycles. The SMILES string of the molecule is CCCCC1CCC(CCCCCOS(=O)(=O)[O-])C1.[Na+]. The molecule has 6 heteroatoms. The fourth-order valence-corrected chi connectivity index (χ4v) is 3.39. The average Bonchev–Trinajstić information content (AvgIpc) is 2.77. The van der Waals surface area contributed by atoms with Crippen molar-refractivity contribution in [1.82, 2.24) is 0 Å². The normalized spacial score (nSPS) is 22.7. The predicted molar refractivity (Wildman–Crippen MR) is 74.5 cm³/mol. The zero-order chi connectivity index (χ0) is 14.1. The van der Waals surface area contributed by atoms with E-state index in [1.54, 1.807) is 0 Å². The first-order chi connectivity index (χ1) is 9.01. The molecule has 4 nitrogen and oxygen atoms in total. The molecule has 114 valence electrons. The average molecular weight is 314 g/mol. The van der Waals surface area contributed by atoms with E-state index >= 15 is 0 Å². The van der Waals surface area contributed by atoms with Crippen LogP contribution in [-0.4, -0.2) is 19.6 Å². The molecular weight excluding hydrogens is 287 g/mol. The Hall–Kier alpha value is 0.870. The molecule has 1 saturated carbocycles. The van der Waals surface area contributed by atoms with Crippen molar-refractivity contribution in [3.8, 4) is 0 Å². The maximum Gasteiger partial charge on any atom is 1.00 e. The molecule has 0 aromatic rings. The van der Waals surface area contributed by atoms with Gasteiger partial charge in [0.25, 0.3) is 0 Å². The molecule has 0 amide bonds. The van der Waals surface area contributed by atoms with Crippen LogP contribution in [0.3, 0.4) is 0 Å². The molecule has 0 saturated heterocycles. The van der Waals surface area contributed by atoms with Crippen LogP contribution in [0.4, 0.5) is 0 Å². The van der Waals surface area contributed by atoms with E-state index < -0.39 is 10.4 Å². The van der Waals surface area contributed by atoms with Crippen LogP contribution >= 0.6 is 0 Å². The van der Waals surface area contributed by atoms with Gasteiger partial charge in [0.05, 0.1) is 6.61 Å². The minimum absolute atomic E-state index is 0. The molecule has 0 aromatic carbocycles. The molecule has 1 fully saturated rings. The van der Waals surface area contributed by atoms with Crippen molar-refractivity contribution in [3.63, 3.8) is 0 Å². The van der Waals surface area contributed by atoms with Gasteiger partial charge < -0.3 is 4.55 Å². The van der Waals surface area contributed by atoms with Crippen LogP contribution in [0.25, 0.3) is 0 Å².